The molecule has 294 valence electrons. The Morgan fingerprint density at radius 2 is 0.905 bits per heavy atom. The van der Waals surface area contributed by atoms with Crippen molar-refractivity contribution in [2.75, 3.05) is 0 Å². The lowest BCUT2D eigenvalue weighted by atomic mass is 9.67. The van der Waals surface area contributed by atoms with Crippen LogP contribution in [0.1, 0.15) is 39.8 Å². The number of nitrogens with zero attached hydrogens (tertiary/aromatic N) is 3. The monoisotopic (exact) mass is 801 g/mol. The molecule has 3 nitrogen and oxygen atoms in total. The average molecular weight is 802 g/mol. The van der Waals surface area contributed by atoms with Gasteiger partial charge in [-0.1, -0.05) is 200 Å². The van der Waals surface area contributed by atoms with Crippen molar-refractivity contribution < 1.29 is 0 Å². The molecule has 1 saturated carbocycles. The smallest absolute Gasteiger partial charge is 0.157 e. The van der Waals surface area contributed by atoms with E-state index in [9.17, 15) is 0 Å². The van der Waals surface area contributed by atoms with Gasteiger partial charge >= 0.3 is 0 Å². The van der Waals surface area contributed by atoms with Crippen LogP contribution in [0.15, 0.2) is 228 Å². The van der Waals surface area contributed by atoms with Crippen molar-refractivity contribution in [3.8, 4) is 11.1 Å². The minimum absolute atomic E-state index is 0.104. The molecule has 0 spiro atoms. The Kier molecular flexibility index (Phi) is 7.08. The van der Waals surface area contributed by atoms with E-state index < -0.39 is 11.0 Å². The normalized spacial score (nSPS) is 18.3. The molecule has 14 rings (SSSR count). The number of fused-ring (bicyclic) bond motifs is 13. The second kappa shape index (κ2) is 12.8. The topological polar surface area (TPSA) is 29.6 Å². The molecule has 3 aliphatic rings. The summed E-state index contributed by atoms with van der Waals surface area (Å²) in [4.78, 5) is 11.4. The summed E-state index contributed by atoms with van der Waals surface area (Å²) < 4.78 is 2.49. The minimum Gasteiger partial charge on any atom is -0.297 e. The molecule has 2 atom stereocenters. The van der Waals surface area contributed by atoms with E-state index in [0.717, 1.165) is 34.7 Å². The number of para-hydroxylation sites is 1. The van der Waals surface area contributed by atoms with Crippen molar-refractivity contribution in [1.82, 2.24) is 4.57 Å². The molecule has 0 radical (unpaired) electrons. The number of aromatic nitrogens is 1. The summed E-state index contributed by atoms with van der Waals surface area (Å²) in [6.45, 7) is 0. The third-order valence-corrected chi connectivity index (χ3v) is 14.5. The van der Waals surface area contributed by atoms with Crippen LogP contribution >= 0.6 is 0 Å². The fourth-order valence-electron chi connectivity index (χ4n) is 11.7. The summed E-state index contributed by atoms with van der Waals surface area (Å²) in [5.74, 6) is 1.94. The maximum absolute atomic E-state index is 5.74. The van der Waals surface area contributed by atoms with Gasteiger partial charge in [-0.3, -0.25) is 9.56 Å². The summed E-state index contributed by atoms with van der Waals surface area (Å²) in [6.07, 6.45) is 0.892. The maximum Gasteiger partial charge on any atom is 0.157 e. The van der Waals surface area contributed by atoms with Crippen molar-refractivity contribution in [1.29, 1.82) is 0 Å². The first kappa shape index (κ1) is 34.8. The molecule has 0 N–H and O–H groups in total. The first-order valence-corrected chi connectivity index (χ1v) is 22.1. The first-order chi connectivity index (χ1) is 31.2. The van der Waals surface area contributed by atoms with Crippen LogP contribution in [-0.2, 0) is 11.0 Å². The van der Waals surface area contributed by atoms with Gasteiger partial charge in [0.15, 0.2) is 5.84 Å². The third kappa shape index (κ3) is 4.69. The molecular formula is C60H39N3. The van der Waals surface area contributed by atoms with Gasteiger partial charge in [-0.25, -0.2) is 4.99 Å². The number of hydrogen-bond donors (Lipinski definition) is 0. The van der Waals surface area contributed by atoms with Gasteiger partial charge in [-0.05, 0) is 95.9 Å². The zero-order chi connectivity index (χ0) is 41.3. The summed E-state index contributed by atoms with van der Waals surface area (Å²) in [5.41, 5.74) is 11.4. The Labute approximate surface area is 365 Å². The zero-order valence-corrected chi connectivity index (χ0v) is 34.4. The lowest BCUT2D eigenvalue weighted by Gasteiger charge is -2.34. The Balaban J connectivity index is 1.04. The Morgan fingerprint density at radius 3 is 1.57 bits per heavy atom. The predicted molar refractivity (Wildman–Crippen MR) is 261 cm³/mol. The van der Waals surface area contributed by atoms with Crippen molar-refractivity contribution >= 4 is 65.8 Å². The van der Waals surface area contributed by atoms with Crippen LogP contribution < -0.4 is 0 Å². The molecular weight excluding hydrogens is 763 g/mol. The minimum atomic E-state index is -0.518. The number of benzene rings is 10. The molecule has 63 heavy (non-hydrogen) atoms. The Bertz CT molecular complexity index is 3700. The summed E-state index contributed by atoms with van der Waals surface area (Å²) in [5, 5.41) is 9.95. The lowest BCUT2D eigenvalue weighted by molar-refractivity contribution is 0.695. The number of aliphatic imine (C=N–C) groups is 2. The van der Waals surface area contributed by atoms with Gasteiger partial charge in [0, 0.05) is 22.3 Å². The van der Waals surface area contributed by atoms with Gasteiger partial charge in [0.05, 0.1) is 22.0 Å². The second-order valence-electron chi connectivity index (χ2n) is 17.6. The van der Waals surface area contributed by atoms with Crippen LogP contribution in [0.4, 0.5) is 0 Å². The molecule has 2 aliphatic carbocycles. The molecule has 1 aliphatic heterocycles. The standard InChI is InChI=1S/C60H39N3/c1-3-17-39(18-4-1)59-37-54(59)58(61-57(62-59)38-31-33-46-44-23-8-7-21-42(44)43-22-9-10-24-45(43)51(46)35-38)63-55-30-16-13-27-49(55)50-34-32-41(36-56(50)63)60(40-19-5-2-6-20-40)52-28-14-11-25-47(52)48-26-12-15-29-53(48)60/h1-36,54H,37H2/t54?,59-/m0/s1. The van der Waals surface area contributed by atoms with E-state index in [1.165, 1.54) is 82.0 Å². The molecule has 1 aromatic heterocycles. The van der Waals surface area contributed by atoms with E-state index in [0.29, 0.717) is 0 Å². The summed E-state index contributed by atoms with van der Waals surface area (Å²) in [6, 6.07) is 80.6. The maximum atomic E-state index is 5.74. The van der Waals surface area contributed by atoms with Crippen molar-refractivity contribution in [3.63, 3.8) is 0 Å². The van der Waals surface area contributed by atoms with E-state index in [1.54, 1.807) is 0 Å². The highest BCUT2D eigenvalue weighted by Gasteiger charge is 2.61. The molecule has 0 amide bonds. The average Bonchev–Trinajstić information content (AvgIpc) is 3.93. The van der Waals surface area contributed by atoms with Crippen LogP contribution in [0.25, 0.3) is 65.3 Å². The van der Waals surface area contributed by atoms with Gasteiger partial charge < -0.3 is 0 Å². The molecule has 10 aromatic carbocycles. The Morgan fingerprint density at radius 1 is 0.397 bits per heavy atom. The fraction of sp³-hybridized carbons (Fsp3) is 0.0667. The highest BCUT2D eigenvalue weighted by Crippen LogP contribution is 2.60. The van der Waals surface area contributed by atoms with Crippen molar-refractivity contribution in [2.24, 2.45) is 15.9 Å². The SMILES string of the molecule is c1ccc(C2(c3ccc4c5ccccc5n(C5=NC(c6ccc7c8ccccc8c8ccccc8c7c6)=N[C@]6(c7ccccc7)CC56)c4c3)c3ccccc3-c3ccccc32)cc1. The van der Waals surface area contributed by atoms with Crippen molar-refractivity contribution in [3.05, 3.63) is 252 Å². The van der Waals surface area contributed by atoms with Crippen LogP contribution in [-0.4, -0.2) is 16.2 Å². The Hall–Kier alpha value is -7.88. The molecule has 0 bridgehead atoms. The molecule has 0 saturated heterocycles. The third-order valence-electron chi connectivity index (χ3n) is 14.5. The second-order valence-corrected chi connectivity index (χ2v) is 17.6. The zero-order valence-electron chi connectivity index (χ0n) is 34.4. The van der Waals surface area contributed by atoms with E-state index >= 15 is 0 Å². The lowest BCUT2D eigenvalue weighted by Crippen LogP contribution is -2.29. The van der Waals surface area contributed by atoms with Crippen LogP contribution in [0, 0.1) is 5.92 Å². The van der Waals surface area contributed by atoms with Gasteiger partial charge in [0.1, 0.15) is 5.84 Å². The van der Waals surface area contributed by atoms with Gasteiger partial charge in [0.25, 0.3) is 0 Å². The molecule has 2 heterocycles. The predicted octanol–water partition coefficient (Wildman–Crippen LogP) is 14.2. The fourth-order valence-corrected chi connectivity index (χ4v) is 11.7. The molecule has 1 unspecified atom stereocenters. The highest BCUT2D eigenvalue weighted by molar-refractivity contribution is 6.27. The van der Waals surface area contributed by atoms with E-state index in [1.807, 2.05) is 0 Å². The largest absolute Gasteiger partial charge is 0.297 e. The molecule has 11 aromatic rings. The highest BCUT2D eigenvalue weighted by atomic mass is 15.2. The molecule has 1 fully saturated rings. The van der Waals surface area contributed by atoms with Crippen LogP contribution in [0.5, 0.6) is 0 Å². The van der Waals surface area contributed by atoms with Crippen LogP contribution in [0.2, 0.25) is 0 Å². The number of hydrogen-bond acceptors (Lipinski definition) is 2. The number of rotatable bonds is 4. The van der Waals surface area contributed by atoms with E-state index in [-0.39, 0.29) is 5.92 Å². The van der Waals surface area contributed by atoms with E-state index in [4.69, 9.17) is 9.98 Å². The van der Waals surface area contributed by atoms with Gasteiger partial charge in [-0.15, -0.1) is 0 Å². The quantitative estimate of drug-likeness (QED) is 0.159. The van der Waals surface area contributed by atoms with Gasteiger partial charge in [-0.2, -0.15) is 0 Å². The van der Waals surface area contributed by atoms with E-state index in [2.05, 4.69) is 223 Å². The number of amidine groups is 1. The molecule has 3 heteroatoms. The summed E-state index contributed by atoms with van der Waals surface area (Å²) >= 11 is 0. The van der Waals surface area contributed by atoms with Crippen molar-refractivity contribution in [2.45, 2.75) is 17.4 Å². The summed E-state index contributed by atoms with van der Waals surface area (Å²) in [7, 11) is 0. The first-order valence-electron chi connectivity index (χ1n) is 22.1. The van der Waals surface area contributed by atoms with Gasteiger partial charge in [0.2, 0.25) is 0 Å². The van der Waals surface area contributed by atoms with Crippen LogP contribution in [0.3, 0.4) is 0 Å².